The summed E-state index contributed by atoms with van der Waals surface area (Å²) in [6, 6.07) is 0. The lowest BCUT2D eigenvalue weighted by Crippen LogP contribution is -2.58. The number of nitrogens with one attached hydrogen (secondary N) is 1. The number of likely N-dealkylation sites (N-methyl/N-ethyl adjacent to an activating group) is 1. The molecule has 0 aromatic rings. The molecule has 0 aliphatic carbocycles. The van der Waals surface area contributed by atoms with Crippen molar-refractivity contribution in [1.29, 1.82) is 0 Å². The van der Waals surface area contributed by atoms with Crippen LogP contribution in [0.1, 0.15) is 13.8 Å². The van der Waals surface area contributed by atoms with Crippen LogP contribution in [0, 0.1) is 0 Å². The maximum absolute atomic E-state index is 11.2. The molecule has 0 saturated carbocycles. The van der Waals surface area contributed by atoms with Gasteiger partial charge in [-0.2, -0.15) is 5.43 Å². The van der Waals surface area contributed by atoms with E-state index >= 15 is 0 Å². The quantitative estimate of drug-likeness (QED) is 0.363. The average Bonchev–Trinajstić information content (AvgIpc) is 1.81. The monoisotopic (exact) mass is 186 g/mol. The zero-order valence-electron chi connectivity index (χ0n) is 8.76. The van der Waals surface area contributed by atoms with Gasteiger partial charge in [0.2, 0.25) is 0 Å². The topological polar surface area (TPSA) is 52.2 Å². The van der Waals surface area contributed by atoms with E-state index in [4.69, 9.17) is 0 Å². The van der Waals surface area contributed by atoms with Crippen molar-refractivity contribution in [3.05, 3.63) is 12.2 Å². The van der Waals surface area contributed by atoms with Gasteiger partial charge in [-0.05, 0) is 6.92 Å². The third-order valence-electron chi connectivity index (χ3n) is 1.51. The van der Waals surface area contributed by atoms with Crippen molar-refractivity contribution < 1.29 is 14.5 Å². The van der Waals surface area contributed by atoms with Crippen LogP contribution in [-0.2, 0) is 4.79 Å². The molecular weight excluding hydrogens is 168 g/mol. The number of hydrogen-bond donors (Lipinski definition) is 1. The Morgan fingerprint density at radius 3 is 2.38 bits per heavy atom. The van der Waals surface area contributed by atoms with E-state index in [-0.39, 0.29) is 10.5 Å². The fourth-order valence-corrected chi connectivity index (χ4v) is 1.06. The number of amides is 1. The van der Waals surface area contributed by atoms with Crippen LogP contribution in [-0.4, -0.2) is 37.2 Å². The van der Waals surface area contributed by atoms with Crippen LogP contribution in [0.15, 0.2) is 12.2 Å². The molecule has 0 aliphatic rings. The van der Waals surface area contributed by atoms with Crippen molar-refractivity contribution >= 4 is 5.91 Å². The summed E-state index contributed by atoms with van der Waals surface area (Å²) in [7, 11) is 3.55. The van der Waals surface area contributed by atoms with E-state index in [2.05, 4.69) is 12.0 Å². The lowest BCUT2D eigenvalue weighted by Gasteiger charge is -2.33. The Balaban J connectivity index is 4.16. The van der Waals surface area contributed by atoms with E-state index in [9.17, 15) is 9.90 Å². The highest BCUT2D eigenvalue weighted by Crippen LogP contribution is 1.95. The minimum atomic E-state index is -0.694. The second kappa shape index (κ2) is 4.39. The Morgan fingerprint density at radius 2 is 2.08 bits per heavy atom. The summed E-state index contributed by atoms with van der Waals surface area (Å²) in [6.45, 7) is 7.09. The summed E-state index contributed by atoms with van der Waals surface area (Å²) >= 11 is 0. The predicted octanol–water partition coefficient (Wildman–Crippen LogP) is -0.581. The van der Waals surface area contributed by atoms with Gasteiger partial charge in [-0.1, -0.05) is 19.6 Å². The number of carbonyl (C=O) groups is 1. The smallest absolute Gasteiger partial charge is 0.290 e. The molecule has 0 radical (unpaired) electrons. The van der Waals surface area contributed by atoms with Gasteiger partial charge in [0.25, 0.3) is 5.91 Å². The van der Waals surface area contributed by atoms with Crippen LogP contribution in [0.3, 0.4) is 0 Å². The molecular formula is C9H18N2O2. The van der Waals surface area contributed by atoms with E-state index in [1.165, 1.54) is 0 Å². The van der Waals surface area contributed by atoms with Crippen LogP contribution >= 0.6 is 0 Å². The number of nitrogens with zero attached hydrogens (tertiary/aromatic N) is 1. The molecule has 1 unspecified atom stereocenters. The molecule has 76 valence electrons. The minimum Gasteiger partial charge on any atom is -0.848 e. The zero-order valence-corrected chi connectivity index (χ0v) is 8.76. The van der Waals surface area contributed by atoms with Crippen molar-refractivity contribution in [3.8, 4) is 0 Å². The Kier molecular flexibility index (Phi) is 4.10. The van der Waals surface area contributed by atoms with Crippen molar-refractivity contribution in [2.45, 2.75) is 20.0 Å². The van der Waals surface area contributed by atoms with E-state index in [0.717, 1.165) is 0 Å². The molecule has 0 aliphatic heterocycles. The molecule has 0 rings (SSSR count). The van der Waals surface area contributed by atoms with Gasteiger partial charge >= 0.3 is 0 Å². The third kappa shape index (κ3) is 5.38. The average molecular weight is 186 g/mol. The highest BCUT2D eigenvalue weighted by atomic mass is 16.3. The Labute approximate surface area is 79.4 Å². The molecule has 4 heteroatoms. The van der Waals surface area contributed by atoms with Crippen LogP contribution in [0.2, 0.25) is 0 Å². The van der Waals surface area contributed by atoms with Gasteiger partial charge in [-0.15, -0.1) is 0 Å². The molecule has 0 bridgehead atoms. The Bertz CT molecular complexity index is 210. The maximum Gasteiger partial charge on any atom is 0.290 e. The normalized spacial score (nSPS) is 13.6. The summed E-state index contributed by atoms with van der Waals surface area (Å²) in [5.41, 5.74) is 3.13. The minimum absolute atomic E-state index is 0.191. The van der Waals surface area contributed by atoms with Crippen LogP contribution < -0.4 is 10.5 Å². The molecule has 13 heavy (non-hydrogen) atoms. The SMILES string of the molecule is C=C(C)C(=O)N[N+](C)(C)CC(C)[O-]. The summed E-state index contributed by atoms with van der Waals surface area (Å²) in [4.78, 5) is 11.2. The van der Waals surface area contributed by atoms with Gasteiger partial charge in [-0.25, -0.2) is 4.59 Å². The Morgan fingerprint density at radius 1 is 1.62 bits per heavy atom. The van der Waals surface area contributed by atoms with Crippen LogP contribution in [0.25, 0.3) is 0 Å². The lowest BCUT2D eigenvalue weighted by molar-refractivity contribution is -0.932. The molecule has 0 saturated heterocycles. The van der Waals surface area contributed by atoms with Gasteiger partial charge in [-0.3, -0.25) is 4.79 Å². The standard InChI is InChI=1S/C9H18N2O2/c1-7(2)9(13)10-11(4,5)6-8(3)12/h8H,1,6H2,2-5H3,(H,10,13). The Hall–Kier alpha value is -0.870. The van der Waals surface area contributed by atoms with Crippen LogP contribution in [0.5, 0.6) is 0 Å². The van der Waals surface area contributed by atoms with Crippen LogP contribution in [0.4, 0.5) is 0 Å². The molecule has 1 amide bonds. The number of quaternary nitrogens is 1. The molecule has 0 fully saturated rings. The second-order valence-electron chi connectivity index (χ2n) is 3.90. The number of carbonyl (C=O) groups excluding carboxylic acids is 1. The third-order valence-corrected chi connectivity index (χ3v) is 1.51. The molecule has 1 N–H and O–H groups in total. The summed E-state index contributed by atoms with van der Waals surface area (Å²) in [5, 5.41) is 10.9. The van der Waals surface area contributed by atoms with Crippen molar-refractivity contribution in [1.82, 2.24) is 5.43 Å². The first-order valence-corrected chi connectivity index (χ1v) is 4.21. The van der Waals surface area contributed by atoms with E-state index in [1.807, 2.05) is 0 Å². The van der Waals surface area contributed by atoms with E-state index < -0.39 is 6.10 Å². The van der Waals surface area contributed by atoms with E-state index in [0.29, 0.717) is 12.1 Å². The molecule has 0 aromatic carbocycles. The predicted molar refractivity (Wildman–Crippen MR) is 49.4 cm³/mol. The summed E-state index contributed by atoms with van der Waals surface area (Å²) in [5.74, 6) is -0.217. The summed E-state index contributed by atoms with van der Waals surface area (Å²) in [6.07, 6.45) is -0.694. The first-order chi connectivity index (χ1) is 5.74. The highest BCUT2D eigenvalue weighted by Gasteiger charge is 2.18. The largest absolute Gasteiger partial charge is 0.848 e. The van der Waals surface area contributed by atoms with E-state index in [1.54, 1.807) is 27.9 Å². The molecule has 0 spiro atoms. The second-order valence-corrected chi connectivity index (χ2v) is 3.90. The van der Waals surface area contributed by atoms with Crippen molar-refractivity contribution in [2.75, 3.05) is 20.6 Å². The molecule has 0 heterocycles. The van der Waals surface area contributed by atoms with Gasteiger partial charge < -0.3 is 5.11 Å². The first kappa shape index (κ1) is 12.1. The molecule has 1 atom stereocenters. The van der Waals surface area contributed by atoms with Crippen molar-refractivity contribution in [2.24, 2.45) is 0 Å². The maximum atomic E-state index is 11.2. The highest BCUT2D eigenvalue weighted by molar-refractivity contribution is 5.91. The van der Waals surface area contributed by atoms with Gasteiger partial charge in [0.1, 0.15) is 0 Å². The number of hydrogen-bond acceptors (Lipinski definition) is 2. The van der Waals surface area contributed by atoms with Gasteiger partial charge in [0.15, 0.2) is 0 Å². The fraction of sp³-hybridized carbons (Fsp3) is 0.667. The zero-order chi connectivity index (χ0) is 10.6. The molecule has 4 nitrogen and oxygen atoms in total. The van der Waals surface area contributed by atoms with Gasteiger partial charge in [0, 0.05) is 5.57 Å². The molecule has 0 aromatic heterocycles. The van der Waals surface area contributed by atoms with Crippen molar-refractivity contribution in [3.63, 3.8) is 0 Å². The first-order valence-electron chi connectivity index (χ1n) is 4.21. The fourth-order valence-electron chi connectivity index (χ4n) is 1.06. The van der Waals surface area contributed by atoms with Gasteiger partial charge in [0.05, 0.1) is 20.6 Å². The summed E-state index contributed by atoms with van der Waals surface area (Å²) < 4.78 is 0.191. The lowest BCUT2D eigenvalue weighted by atomic mass is 10.3. The number of rotatable bonds is 4.